The van der Waals surface area contributed by atoms with E-state index in [2.05, 4.69) is 4.42 Å². The van der Waals surface area contributed by atoms with Crippen LogP contribution in [0, 0.1) is 0 Å². The molecule has 1 rings (SSSR count). The monoisotopic (exact) mass is 127 g/mol. The molecule has 1 heterocycles. The number of carbonyl (C=O) groups excluding carboxylic acids is 1. The molecule has 9 heavy (non-hydrogen) atoms. The van der Waals surface area contributed by atoms with Gasteiger partial charge in [-0.05, 0) is 0 Å². The molecule has 4 heteroatoms. The fraction of sp³-hybridized carbons (Fsp3) is 0. The molecule has 0 amide bonds. The zero-order chi connectivity index (χ0) is 6.85. The zero-order valence-electron chi connectivity index (χ0n) is 4.50. The summed E-state index contributed by atoms with van der Waals surface area (Å²) in [5, 5.41) is 8.56. The molecule has 4 nitrogen and oxygen atoms in total. The number of nitrogen functional groups attached to an aromatic ring is 1. The smallest absolute Gasteiger partial charge is 0.284 e. The van der Waals surface area contributed by atoms with Crippen molar-refractivity contribution in [2.75, 3.05) is 5.73 Å². The maximum Gasteiger partial charge on any atom is 0.284 e. The first kappa shape index (κ1) is 5.68. The summed E-state index contributed by atoms with van der Waals surface area (Å²) in [6.45, 7) is 0. The lowest BCUT2D eigenvalue weighted by molar-refractivity contribution is 0.109. The van der Waals surface area contributed by atoms with Crippen molar-refractivity contribution in [3.63, 3.8) is 0 Å². The van der Waals surface area contributed by atoms with Crippen molar-refractivity contribution in [3.8, 4) is 5.95 Å². The molecule has 0 aliphatic heterocycles. The average Bonchev–Trinajstić information content (AvgIpc) is 2.10. The van der Waals surface area contributed by atoms with Crippen molar-refractivity contribution in [2.45, 2.75) is 0 Å². The Bertz CT molecular complexity index is 228. The van der Waals surface area contributed by atoms with E-state index >= 15 is 0 Å². The summed E-state index contributed by atoms with van der Waals surface area (Å²) >= 11 is 0. The first-order chi connectivity index (χ1) is 4.24. The normalized spacial score (nSPS) is 9.33. The molecule has 0 atom stereocenters. The lowest BCUT2D eigenvalue weighted by Crippen LogP contribution is -1.84. The third kappa shape index (κ3) is 0.861. The minimum atomic E-state index is -0.338. The molecule has 1 aromatic rings. The summed E-state index contributed by atoms with van der Waals surface area (Å²) in [6, 6.07) is 1.17. The van der Waals surface area contributed by atoms with Gasteiger partial charge in [-0.15, -0.1) is 0 Å². The van der Waals surface area contributed by atoms with Crippen molar-refractivity contribution < 1.29 is 14.3 Å². The van der Waals surface area contributed by atoms with Crippen LogP contribution in [0.25, 0.3) is 0 Å². The van der Waals surface area contributed by atoms with Gasteiger partial charge in [0.05, 0.1) is 5.69 Å². The number of aldehydes is 1. The standard InChI is InChI=1S/C5H5NO3/c6-3-1-5(8)9-4(3)2-7/h1-2,8H,6H2. The van der Waals surface area contributed by atoms with E-state index in [1.165, 1.54) is 6.07 Å². The Labute approximate surface area is 50.9 Å². The second-order valence-corrected chi connectivity index (χ2v) is 1.52. The van der Waals surface area contributed by atoms with Gasteiger partial charge < -0.3 is 15.3 Å². The van der Waals surface area contributed by atoms with E-state index in [4.69, 9.17) is 10.8 Å². The Morgan fingerprint density at radius 3 is 2.67 bits per heavy atom. The highest BCUT2D eigenvalue weighted by Crippen LogP contribution is 2.20. The largest absolute Gasteiger partial charge is 0.481 e. The third-order valence-corrected chi connectivity index (χ3v) is 0.885. The minimum Gasteiger partial charge on any atom is -0.481 e. The van der Waals surface area contributed by atoms with E-state index in [0.29, 0.717) is 6.29 Å². The molecule has 0 aliphatic rings. The van der Waals surface area contributed by atoms with Gasteiger partial charge in [-0.3, -0.25) is 4.79 Å². The predicted molar refractivity (Wildman–Crippen MR) is 30.2 cm³/mol. The first-order valence-electron chi connectivity index (χ1n) is 2.27. The molecule has 0 unspecified atom stereocenters. The van der Waals surface area contributed by atoms with Crippen LogP contribution in [0.2, 0.25) is 0 Å². The van der Waals surface area contributed by atoms with E-state index in [-0.39, 0.29) is 17.4 Å². The molecule has 0 saturated carbocycles. The number of anilines is 1. The van der Waals surface area contributed by atoms with Gasteiger partial charge in [-0.2, -0.15) is 0 Å². The Morgan fingerprint density at radius 2 is 2.44 bits per heavy atom. The van der Waals surface area contributed by atoms with E-state index in [0.717, 1.165) is 0 Å². The molecule has 0 saturated heterocycles. The molecule has 0 bridgehead atoms. The topological polar surface area (TPSA) is 76.5 Å². The Kier molecular flexibility index (Phi) is 1.14. The van der Waals surface area contributed by atoms with Crippen molar-refractivity contribution in [2.24, 2.45) is 0 Å². The Hall–Kier alpha value is -1.45. The quantitative estimate of drug-likeness (QED) is 0.534. The maximum atomic E-state index is 9.96. The van der Waals surface area contributed by atoms with Crippen LogP contribution >= 0.6 is 0 Å². The van der Waals surface area contributed by atoms with E-state index in [9.17, 15) is 4.79 Å². The second kappa shape index (κ2) is 1.81. The predicted octanol–water partition coefficient (Wildman–Crippen LogP) is 0.380. The molecule has 3 N–H and O–H groups in total. The number of aromatic hydroxyl groups is 1. The summed E-state index contributed by atoms with van der Waals surface area (Å²) in [5.74, 6) is -0.373. The zero-order valence-corrected chi connectivity index (χ0v) is 4.50. The number of hydrogen-bond donors (Lipinski definition) is 2. The van der Waals surface area contributed by atoms with E-state index in [1.807, 2.05) is 0 Å². The van der Waals surface area contributed by atoms with E-state index < -0.39 is 0 Å². The van der Waals surface area contributed by atoms with Crippen LogP contribution in [-0.2, 0) is 0 Å². The minimum absolute atomic E-state index is 0.0347. The number of rotatable bonds is 1. The Morgan fingerprint density at radius 1 is 1.78 bits per heavy atom. The van der Waals surface area contributed by atoms with Crippen LogP contribution in [0.1, 0.15) is 10.6 Å². The van der Waals surface area contributed by atoms with Gasteiger partial charge in [0, 0.05) is 6.07 Å². The highest BCUT2D eigenvalue weighted by molar-refractivity contribution is 5.79. The fourth-order valence-electron chi connectivity index (χ4n) is 0.497. The van der Waals surface area contributed by atoms with Crippen molar-refractivity contribution in [3.05, 3.63) is 11.8 Å². The maximum absolute atomic E-state index is 9.96. The van der Waals surface area contributed by atoms with Gasteiger partial charge in [-0.1, -0.05) is 0 Å². The number of hydrogen-bond acceptors (Lipinski definition) is 4. The molecule has 0 aliphatic carbocycles. The van der Waals surface area contributed by atoms with Gasteiger partial charge in [0.1, 0.15) is 0 Å². The molecular weight excluding hydrogens is 122 g/mol. The van der Waals surface area contributed by atoms with Gasteiger partial charge in [0.15, 0.2) is 12.0 Å². The molecule has 1 aromatic heterocycles. The van der Waals surface area contributed by atoms with Gasteiger partial charge in [0.25, 0.3) is 5.95 Å². The number of furan rings is 1. The van der Waals surface area contributed by atoms with Gasteiger partial charge >= 0.3 is 0 Å². The molecule has 48 valence electrons. The summed E-state index contributed by atoms with van der Waals surface area (Å²) in [7, 11) is 0. The summed E-state index contributed by atoms with van der Waals surface area (Å²) in [6.07, 6.45) is 0.440. The summed E-state index contributed by atoms with van der Waals surface area (Å²) in [5.41, 5.74) is 5.32. The van der Waals surface area contributed by atoms with Crippen LogP contribution in [-0.4, -0.2) is 11.4 Å². The van der Waals surface area contributed by atoms with Crippen LogP contribution in [0.3, 0.4) is 0 Å². The van der Waals surface area contributed by atoms with Crippen molar-refractivity contribution in [1.29, 1.82) is 0 Å². The number of nitrogens with two attached hydrogens (primary N) is 1. The SMILES string of the molecule is Nc1cc(O)oc1C=O. The molecular formula is C5H5NO3. The van der Waals surface area contributed by atoms with Gasteiger partial charge in [0.2, 0.25) is 0 Å². The first-order valence-corrected chi connectivity index (χ1v) is 2.27. The van der Waals surface area contributed by atoms with E-state index in [1.54, 1.807) is 0 Å². The lowest BCUT2D eigenvalue weighted by Gasteiger charge is -1.79. The highest BCUT2D eigenvalue weighted by atomic mass is 16.5. The summed E-state index contributed by atoms with van der Waals surface area (Å²) in [4.78, 5) is 9.96. The lowest BCUT2D eigenvalue weighted by atomic mass is 10.4. The van der Waals surface area contributed by atoms with Crippen LogP contribution in [0.5, 0.6) is 5.95 Å². The molecule has 0 spiro atoms. The average molecular weight is 127 g/mol. The Balaban J connectivity index is 3.15. The fourth-order valence-corrected chi connectivity index (χ4v) is 0.497. The summed E-state index contributed by atoms with van der Waals surface area (Å²) < 4.78 is 4.43. The third-order valence-electron chi connectivity index (χ3n) is 0.885. The van der Waals surface area contributed by atoms with Gasteiger partial charge in [-0.25, -0.2) is 0 Å². The second-order valence-electron chi connectivity index (χ2n) is 1.52. The molecule has 0 aromatic carbocycles. The van der Waals surface area contributed by atoms with Crippen molar-refractivity contribution >= 4 is 12.0 Å². The van der Waals surface area contributed by atoms with Crippen LogP contribution in [0.4, 0.5) is 5.69 Å². The van der Waals surface area contributed by atoms with Crippen molar-refractivity contribution in [1.82, 2.24) is 0 Å². The molecule has 0 radical (unpaired) electrons. The highest BCUT2D eigenvalue weighted by Gasteiger charge is 2.03. The molecule has 0 fully saturated rings. The number of carbonyl (C=O) groups is 1. The van der Waals surface area contributed by atoms with Crippen LogP contribution < -0.4 is 5.73 Å². The van der Waals surface area contributed by atoms with Crippen LogP contribution in [0.15, 0.2) is 10.5 Å².